The van der Waals surface area contributed by atoms with Gasteiger partial charge in [-0.25, -0.2) is 0 Å². The first-order valence-electron chi connectivity index (χ1n) is 10.3. The van der Waals surface area contributed by atoms with E-state index in [0.29, 0.717) is 33.8 Å². The first-order valence-corrected chi connectivity index (χ1v) is 11.2. The number of halogens is 1. The standard InChI is InChI=1S/C26H19AsFN3O3/c1-2-23(32)31-18-9-6-10-20(13-18)34-26-24(25(27)29-16-30-26)21-12-11-19(14-22(21)28)33-15-17-7-4-3-5-8-17/h2-14,16H,1,15H2,(H,31,32). The molecular formula is C26H19AsFN3O3. The van der Waals surface area contributed by atoms with E-state index in [4.69, 9.17) is 9.47 Å². The van der Waals surface area contributed by atoms with Crippen LogP contribution in [0.15, 0.2) is 91.8 Å². The number of nitrogens with zero attached hydrogens (tertiary/aromatic N) is 2. The van der Waals surface area contributed by atoms with E-state index in [1.165, 1.54) is 18.5 Å². The number of aromatic nitrogens is 2. The quantitative estimate of drug-likeness (QED) is 0.275. The predicted octanol–water partition coefficient (Wildman–Crippen LogP) is 4.57. The summed E-state index contributed by atoms with van der Waals surface area (Å²) in [5.74, 6) is 0.156. The van der Waals surface area contributed by atoms with Crippen LogP contribution in [-0.4, -0.2) is 32.7 Å². The molecule has 168 valence electrons. The number of anilines is 1. The van der Waals surface area contributed by atoms with Crippen molar-refractivity contribution in [2.75, 3.05) is 5.32 Å². The van der Waals surface area contributed by atoms with Crippen LogP contribution in [0.25, 0.3) is 11.1 Å². The third-order valence-corrected chi connectivity index (χ3v) is 5.46. The Balaban J connectivity index is 1.59. The second-order valence-electron chi connectivity index (χ2n) is 7.12. The zero-order valence-electron chi connectivity index (χ0n) is 17.9. The number of benzene rings is 3. The predicted molar refractivity (Wildman–Crippen MR) is 129 cm³/mol. The number of carbonyl (C=O) groups is 1. The molecule has 0 saturated heterocycles. The van der Waals surface area contributed by atoms with Crippen LogP contribution in [0.4, 0.5) is 10.1 Å². The summed E-state index contributed by atoms with van der Waals surface area (Å²) in [6.07, 6.45) is 2.51. The molecule has 0 aliphatic heterocycles. The molecule has 0 unspecified atom stereocenters. The fourth-order valence-corrected chi connectivity index (χ4v) is 3.71. The van der Waals surface area contributed by atoms with Gasteiger partial charge in [0.1, 0.15) is 0 Å². The average molecular weight is 515 g/mol. The Labute approximate surface area is 205 Å². The minimum absolute atomic E-state index is 0.176. The molecule has 6 nitrogen and oxygen atoms in total. The van der Waals surface area contributed by atoms with E-state index >= 15 is 4.39 Å². The van der Waals surface area contributed by atoms with Gasteiger partial charge in [0.15, 0.2) is 0 Å². The first kappa shape index (κ1) is 23.2. The maximum absolute atomic E-state index is 15.2. The van der Waals surface area contributed by atoms with E-state index in [-0.39, 0.29) is 17.4 Å². The summed E-state index contributed by atoms with van der Waals surface area (Å²) < 4.78 is 27.3. The Morgan fingerprint density at radius 1 is 1.03 bits per heavy atom. The van der Waals surface area contributed by atoms with Gasteiger partial charge in [0.2, 0.25) is 0 Å². The Hall–Kier alpha value is -3.96. The Morgan fingerprint density at radius 3 is 2.62 bits per heavy atom. The van der Waals surface area contributed by atoms with Crippen LogP contribution in [-0.2, 0) is 11.4 Å². The average Bonchev–Trinajstić information content (AvgIpc) is 2.84. The Morgan fingerprint density at radius 2 is 1.85 bits per heavy atom. The number of amides is 1. The molecule has 0 aliphatic rings. The Kier molecular flexibility index (Phi) is 7.35. The topological polar surface area (TPSA) is 73.3 Å². The minimum atomic E-state index is -0.496. The van der Waals surface area contributed by atoms with Crippen molar-refractivity contribution in [2.24, 2.45) is 0 Å². The molecular weight excluding hydrogens is 496 g/mol. The Bertz CT molecular complexity index is 1330. The fraction of sp³-hybridized carbons (Fsp3) is 0.0385. The van der Waals surface area contributed by atoms with Gasteiger partial charge in [0.25, 0.3) is 0 Å². The molecule has 8 heteroatoms. The summed E-state index contributed by atoms with van der Waals surface area (Å²) in [4.78, 5) is 20.0. The van der Waals surface area contributed by atoms with Crippen LogP contribution >= 0.6 is 0 Å². The molecule has 4 rings (SSSR count). The van der Waals surface area contributed by atoms with Gasteiger partial charge in [0.05, 0.1) is 0 Å². The van der Waals surface area contributed by atoms with Crippen LogP contribution in [0.2, 0.25) is 0 Å². The molecule has 0 fully saturated rings. The normalized spacial score (nSPS) is 10.4. The number of carbonyl (C=O) groups excluding carboxylic acids is 1. The van der Waals surface area contributed by atoms with Gasteiger partial charge in [-0.3, -0.25) is 0 Å². The van der Waals surface area contributed by atoms with E-state index in [0.717, 1.165) is 5.56 Å². The number of hydrogen-bond donors (Lipinski definition) is 1. The van der Waals surface area contributed by atoms with Crippen molar-refractivity contribution in [2.45, 2.75) is 6.61 Å². The molecule has 0 saturated carbocycles. The molecule has 34 heavy (non-hydrogen) atoms. The first-order chi connectivity index (χ1) is 16.5. The molecule has 1 aromatic heterocycles. The second kappa shape index (κ2) is 10.8. The number of nitrogens with one attached hydrogen (secondary N) is 1. The maximum atomic E-state index is 15.2. The number of hydrogen-bond acceptors (Lipinski definition) is 5. The summed E-state index contributed by atoms with van der Waals surface area (Å²) in [5.41, 5.74) is 2.18. The van der Waals surface area contributed by atoms with Gasteiger partial charge in [-0.05, 0) is 0 Å². The van der Waals surface area contributed by atoms with Crippen LogP contribution in [0.5, 0.6) is 17.4 Å². The van der Waals surface area contributed by atoms with Crippen LogP contribution in [0.1, 0.15) is 5.56 Å². The molecule has 4 aromatic rings. The van der Waals surface area contributed by atoms with E-state index in [9.17, 15) is 4.79 Å². The van der Waals surface area contributed by atoms with Crippen molar-refractivity contribution in [3.05, 3.63) is 103 Å². The molecule has 0 atom stereocenters. The van der Waals surface area contributed by atoms with Crippen molar-refractivity contribution < 1.29 is 18.7 Å². The van der Waals surface area contributed by atoms with Gasteiger partial charge < -0.3 is 0 Å². The van der Waals surface area contributed by atoms with Crippen molar-refractivity contribution in [1.29, 1.82) is 0 Å². The van der Waals surface area contributed by atoms with E-state index in [1.54, 1.807) is 36.4 Å². The molecule has 1 amide bonds. The van der Waals surface area contributed by atoms with Crippen molar-refractivity contribution in [3.63, 3.8) is 0 Å². The summed E-state index contributed by atoms with van der Waals surface area (Å²) in [5, 5.41) is 2.67. The third-order valence-electron chi connectivity index (χ3n) is 4.75. The van der Waals surface area contributed by atoms with Gasteiger partial charge >= 0.3 is 205 Å². The van der Waals surface area contributed by atoms with Gasteiger partial charge in [0, 0.05) is 0 Å². The van der Waals surface area contributed by atoms with E-state index in [2.05, 4.69) is 38.7 Å². The van der Waals surface area contributed by atoms with Gasteiger partial charge in [-0.2, -0.15) is 0 Å². The van der Waals surface area contributed by atoms with Crippen LogP contribution in [0, 0.1) is 5.82 Å². The van der Waals surface area contributed by atoms with E-state index in [1.807, 2.05) is 30.3 Å². The molecule has 3 aromatic carbocycles. The monoisotopic (exact) mass is 515 g/mol. The molecule has 0 aliphatic carbocycles. The van der Waals surface area contributed by atoms with Crippen molar-refractivity contribution >= 4 is 32.9 Å². The zero-order valence-corrected chi connectivity index (χ0v) is 19.8. The van der Waals surface area contributed by atoms with Crippen molar-refractivity contribution in [3.8, 4) is 28.5 Å². The number of rotatable bonds is 8. The second-order valence-corrected chi connectivity index (χ2v) is 8.01. The SMILES string of the molecule is C=CC(=O)Nc1cccc(Oc2ncnc([As])c2-c2ccc(OCc3ccccc3)cc2F)c1. The van der Waals surface area contributed by atoms with Crippen LogP contribution in [0.3, 0.4) is 0 Å². The summed E-state index contributed by atoms with van der Waals surface area (Å²) in [6, 6.07) is 21.0. The van der Waals surface area contributed by atoms with Gasteiger partial charge in [-0.1, -0.05) is 0 Å². The van der Waals surface area contributed by atoms with Crippen molar-refractivity contribution in [1.82, 2.24) is 9.97 Å². The zero-order chi connectivity index (χ0) is 23.9. The van der Waals surface area contributed by atoms with Gasteiger partial charge in [-0.15, -0.1) is 0 Å². The number of ether oxygens (including phenoxy) is 2. The third kappa shape index (κ3) is 5.69. The molecule has 1 heterocycles. The summed E-state index contributed by atoms with van der Waals surface area (Å²) in [6.45, 7) is 3.77. The van der Waals surface area contributed by atoms with Crippen LogP contribution < -0.4 is 19.3 Å². The molecule has 1 N–H and O–H groups in total. The summed E-state index contributed by atoms with van der Waals surface area (Å²) >= 11 is 2.29. The molecule has 0 spiro atoms. The fourth-order valence-electron chi connectivity index (χ4n) is 3.15. The molecule has 0 bridgehead atoms. The summed E-state index contributed by atoms with van der Waals surface area (Å²) in [7, 11) is 0. The molecule has 2 radical (unpaired) electrons. The van der Waals surface area contributed by atoms with E-state index < -0.39 is 5.82 Å².